The summed E-state index contributed by atoms with van der Waals surface area (Å²) in [4.78, 5) is 36.7. The number of benzene rings is 3. The van der Waals surface area contributed by atoms with E-state index in [4.69, 9.17) is 19.9 Å². The summed E-state index contributed by atoms with van der Waals surface area (Å²) >= 11 is 0. The molecule has 2 aliphatic rings. The second-order valence-corrected chi connectivity index (χ2v) is 8.06. The van der Waals surface area contributed by atoms with Crippen molar-refractivity contribution in [3.63, 3.8) is 0 Å². The lowest BCUT2D eigenvalue weighted by atomic mass is 9.77. The second kappa shape index (κ2) is 7.94. The zero-order valence-electron chi connectivity index (χ0n) is 19.2. The number of hydrogen-bond donors (Lipinski definition) is 2. The van der Waals surface area contributed by atoms with Gasteiger partial charge in [-0.25, -0.2) is 18.4 Å². The van der Waals surface area contributed by atoms with E-state index in [2.05, 4.69) is 10.1 Å². The molecule has 0 radical (unpaired) electrons. The molecule has 3 aromatic rings. The zero-order valence-corrected chi connectivity index (χ0v) is 19.2. The molecule has 0 saturated carbocycles. The van der Waals surface area contributed by atoms with Crippen LogP contribution in [-0.2, 0) is 19.9 Å². The number of ether oxygens (including phenoxy) is 4. The van der Waals surface area contributed by atoms with Gasteiger partial charge in [0.25, 0.3) is 0 Å². The molecule has 11 heteroatoms. The molecule has 0 amide bonds. The molecule has 0 fully saturated rings. The van der Waals surface area contributed by atoms with Gasteiger partial charge < -0.3 is 30.0 Å². The van der Waals surface area contributed by atoms with Gasteiger partial charge >= 0.3 is 17.9 Å². The third kappa shape index (κ3) is 3.09. The van der Waals surface area contributed by atoms with Gasteiger partial charge in [-0.05, 0) is 24.3 Å². The molecule has 2 aliphatic heterocycles. The number of rotatable bonds is 3. The molecule has 3 aromatic carbocycles. The van der Waals surface area contributed by atoms with Gasteiger partial charge in [-0.15, -0.1) is 0 Å². The normalized spacial score (nSPS) is 16.9. The maximum atomic E-state index is 15.1. The number of halogens is 2. The Hall–Kier alpha value is -4.67. The molecule has 2 heterocycles. The number of anilines is 2. The van der Waals surface area contributed by atoms with Crippen molar-refractivity contribution < 1.29 is 42.1 Å². The monoisotopic (exact) mass is 496 g/mol. The van der Waals surface area contributed by atoms with Crippen LogP contribution in [0.4, 0.5) is 20.2 Å². The van der Waals surface area contributed by atoms with Crippen LogP contribution in [-0.4, -0.2) is 32.1 Å². The van der Waals surface area contributed by atoms with E-state index in [1.165, 1.54) is 0 Å². The summed E-state index contributed by atoms with van der Waals surface area (Å²) in [6.45, 7) is 1.10. The first-order valence-corrected chi connectivity index (χ1v) is 10.6. The quantitative estimate of drug-likeness (QED) is 0.316. The van der Waals surface area contributed by atoms with Gasteiger partial charge in [0.15, 0.2) is 17.2 Å². The van der Waals surface area contributed by atoms with E-state index in [0.29, 0.717) is 5.69 Å². The lowest BCUT2D eigenvalue weighted by Crippen LogP contribution is -2.33. The molecule has 3 N–H and O–H groups in total. The molecule has 0 saturated heterocycles. The lowest BCUT2D eigenvalue weighted by molar-refractivity contribution is -0.132. The highest BCUT2D eigenvalue weighted by Gasteiger charge is 2.55. The molecule has 1 spiro atoms. The highest BCUT2D eigenvalue weighted by Crippen LogP contribution is 2.58. The van der Waals surface area contributed by atoms with E-state index in [9.17, 15) is 14.4 Å². The highest BCUT2D eigenvalue weighted by molar-refractivity contribution is 6.04. The van der Waals surface area contributed by atoms with Crippen molar-refractivity contribution in [2.45, 2.75) is 12.5 Å². The topological polar surface area (TPSA) is 126 Å². The Morgan fingerprint density at radius 2 is 1.69 bits per heavy atom. The summed E-state index contributed by atoms with van der Waals surface area (Å²) in [7, 11) is 2.70. The Morgan fingerprint density at radius 3 is 2.33 bits per heavy atom. The summed E-state index contributed by atoms with van der Waals surface area (Å²) in [6.07, 6.45) is 0. The number of methoxy groups -OCH3 is 1. The molecule has 36 heavy (non-hydrogen) atoms. The van der Waals surface area contributed by atoms with E-state index in [1.54, 1.807) is 19.2 Å². The maximum Gasteiger partial charge on any atom is 0.342 e. The average Bonchev–Trinajstić information content (AvgIpc) is 3.13. The summed E-state index contributed by atoms with van der Waals surface area (Å²) in [5.74, 6) is -5.07. The first kappa shape index (κ1) is 23.1. The Kier molecular flexibility index (Phi) is 5.09. The predicted octanol–water partition coefficient (Wildman–Crippen LogP) is 3.87. The molecule has 184 valence electrons. The van der Waals surface area contributed by atoms with Gasteiger partial charge in [0, 0.05) is 25.6 Å². The van der Waals surface area contributed by atoms with E-state index >= 15 is 8.78 Å². The smallest absolute Gasteiger partial charge is 0.342 e. The maximum absolute atomic E-state index is 15.1. The van der Waals surface area contributed by atoms with Crippen molar-refractivity contribution in [2.24, 2.45) is 0 Å². The van der Waals surface area contributed by atoms with Crippen LogP contribution in [0.1, 0.15) is 44.3 Å². The number of carbonyl (C=O) groups excluding carboxylic acids is 3. The Balaban J connectivity index is 1.87. The number of nitrogens with one attached hydrogen (secondary N) is 1. The van der Waals surface area contributed by atoms with Crippen LogP contribution in [0.15, 0.2) is 36.4 Å². The van der Waals surface area contributed by atoms with Gasteiger partial charge in [-0.1, -0.05) is 6.07 Å². The van der Waals surface area contributed by atoms with Crippen molar-refractivity contribution in [1.29, 1.82) is 0 Å². The van der Waals surface area contributed by atoms with Gasteiger partial charge in [0.2, 0.25) is 0 Å². The fourth-order valence-corrected chi connectivity index (χ4v) is 4.57. The SMILES string of the molecule is CNc1ccc2c(c1N)C(=O)OC21c2cc(F)c(OC(C)=O)cc2Oc2cc(C(=O)OC)c(F)cc21. The van der Waals surface area contributed by atoms with Crippen molar-refractivity contribution in [3.8, 4) is 17.2 Å². The van der Waals surface area contributed by atoms with E-state index in [-0.39, 0.29) is 39.4 Å². The lowest BCUT2D eigenvalue weighted by Gasteiger charge is -2.37. The van der Waals surface area contributed by atoms with E-state index < -0.39 is 46.5 Å². The third-order valence-corrected chi connectivity index (χ3v) is 6.08. The largest absolute Gasteiger partial charge is 0.465 e. The standard InChI is InChI=1S/C25H18F2N2O7/c1-10(30)34-20-9-19-14(8-16(20)27)25(12-4-5-17(29-2)22(28)21(12)24(32)36-25)13-7-15(26)11(23(31)33-3)6-18(13)35-19/h4-9,29H,28H2,1-3H3. The van der Waals surface area contributed by atoms with Crippen LogP contribution >= 0.6 is 0 Å². The number of carbonyl (C=O) groups is 3. The molecule has 5 rings (SSSR count). The number of hydrogen-bond acceptors (Lipinski definition) is 9. The molecule has 0 aliphatic carbocycles. The van der Waals surface area contributed by atoms with Crippen LogP contribution in [0.25, 0.3) is 0 Å². The fourth-order valence-electron chi connectivity index (χ4n) is 4.57. The highest BCUT2D eigenvalue weighted by atomic mass is 19.1. The molecular weight excluding hydrogens is 478 g/mol. The molecular formula is C25H18F2N2O7. The first-order valence-electron chi connectivity index (χ1n) is 10.6. The number of nitrogens with two attached hydrogens (primary N) is 1. The summed E-state index contributed by atoms with van der Waals surface area (Å²) < 4.78 is 51.5. The van der Waals surface area contributed by atoms with E-state index in [1.807, 2.05) is 0 Å². The van der Waals surface area contributed by atoms with Crippen molar-refractivity contribution in [1.82, 2.24) is 0 Å². The van der Waals surface area contributed by atoms with Crippen molar-refractivity contribution in [3.05, 3.63) is 75.8 Å². The minimum absolute atomic E-state index is 0.00238. The number of nitrogen functional groups attached to an aromatic ring is 1. The van der Waals surface area contributed by atoms with Crippen LogP contribution in [0.5, 0.6) is 17.2 Å². The minimum Gasteiger partial charge on any atom is -0.465 e. The van der Waals surface area contributed by atoms with E-state index in [0.717, 1.165) is 38.3 Å². The number of fused-ring (bicyclic) bond motifs is 6. The summed E-state index contributed by atoms with van der Waals surface area (Å²) in [5.41, 5.74) is 4.62. The second-order valence-electron chi connectivity index (χ2n) is 8.06. The van der Waals surface area contributed by atoms with Gasteiger partial charge in [-0.2, -0.15) is 0 Å². The van der Waals surface area contributed by atoms with Crippen LogP contribution in [0.2, 0.25) is 0 Å². The third-order valence-electron chi connectivity index (χ3n) is 6.08. The van der Waals surface area contributed by atoms with Crippen LogP contribution in [0.3, 0.4) is 0 Å². The molecule has 0 aromatic heterocycles. The van der Waals surface area contributed by atoms with Crippen molar-refractivity contribution >= 4 is 29.3 Å². The first-order chi connectivity index (χ1) is 17.1. The fraction of sp³-hybridized carbons (Fsp3) is 0.160. The van der Waals surface area contributed by atoms with Crippen LogP contribution < -0.4 is 20.5 Å². The molecule has 9 nitrogen and oxygen atoms in total. The van der Waals surface area contributed by atoms with Gasteiger partial charge in [0.05, 0.1) is 40.7 Å². The van der Waals surface area contributed by atoms with Crippen molar-refractivity contribution in [2.75, 3.05) is 25.2 Å². The molecule has 1 atom stereocenters. The number of esters is 3. The summed E-state index contributed by atoms with van der Waals surface area (Å²) in [6, 6.07) is 7.28. The molecule has 0 bridgehead atoms. The summed E-state index contributed by atoms with van der Waals surface area (Å²) in [5, 5.41) is 2.87. The Labute approximate surface area is 202 Å². The Bertz CT molecular complexity index is 1500. The van der Waals surface area contributed by atoms with Crippen LogP contribution in [0, 0.1) is 11.6 Å². The zero-order chi connectivity index (χ0) is 25.9. The average molecular weight is 496 g/mol. The minimum atomic E-state index is -1.89. The Morgan fingerprint density at radius 1 is 1.03 bits per heavy atom. The predicted molar refractivity (Wildman–Crippen MR) is 121 cm³/mol. The molecule has 1 unspecified atom stereocenters. The van der Waals surface area contributed by atoms with Gasteiger partial charge in [-0.3, -0.25) is 4.79 Å². The van der Waals surface area contributed by atoms with Gasteiger partial charge in [0.1, 0.15) is 17.3 Å².